The van der Waals surface area contributed by atoms with Gasteiger partial charge in [0.1, 0.15) is 11.0 Å². The predicted molar refractivity (Wildman–Crippen MR) is 280 cm³/mol. The molecule has 6 aromatic heterocycles. The molecule has 6 heterocycles. The van der Waals surface area contributed by atoms with E-state index in [0.29, 0.717) is 17.5 Å². The molecule has 0 spiro atoms. The lowest BCUT2D eigenvalue weighted by atomic mass is 10.00. The van der Waals surface area contributed by atoms with Gasteiger partial charge in [0.15, 0.2) is 17.5 Å². The Morgan fingerprint density at radius 3 is 1.00 bits per heavy atom. The number of fused-ring (bicyclic) bond motifs is 9. The third kappa shape index (κ3) is 6.13. The fourth-order valence-corrected chi connectivity index (χ4v) is 10.3. The van der Waals surface area contributed by atoms with Crippen molar-refractivity contribution in [2.24, 2.45) is 0 Å². The quantitative estimate of drug-likeness (QED) is 0.159. The molecule has 0 aliphatic rings. The Hall–Kier alpha value is -9.53. The van der Waals surface area contributed by atoms with Crippen LogP contribution in [0.2, 0.25) is 0 Å². The molecule has 0 unspecified atom stereocenters. The van der Waals surface area contributed by atoms with Gasteiger partial charge in [-0.2, -0.15) is 0 Å². The van der Waals surface area contributed by atoms with Crippen LogP contribution in [-0.4, -0.2) is 38.6 Å². The van der Waals surface area contributed by atoms with E-state index in [9.17, 15) is 0 Å². The second-order valence-electron chi connectivity index (χ2n) is 17.3. The number of para-hydroxylation sites is 4. The number of aromatic nitrogens is 8. The minimum Gasteiger partial charge on any atom is -0.307 e. The summed E-state index contributed by atoms with van der Waals surface area (Å²) in [5.41, 5.74) is 15.9. The summed E-state index contributed by atoms with van der Waals surface area (Å²) >= 11 is 0. The SMILES string of the molecule is c1ccc(-c2nc(-c3ccccc3)nc(-c3ccc(-c4cc(-n5c6ccccc6c6ccccc65)c(-n5c6cccnc6c6ncccc65)c(-n5c6ccccc6c6ccccc65)c4)cc3)n2)cc1. The van der Waals surface area contributed by atoms with Crippen molar-refractivity contribution in [2.75, 3.05) is 0 Å². The van der Waals surface area contributed by atoms with Crippen LogP contribution in [0.25, 0.3) is 128 Å². The topological polar surface area (TPSA) is 79.2 Å². The Kier molecular flexibility index (Phi) is 8.72. The molecule has 0 fully saturated rings. The Morgan fingerprint density at radius 2 is 0.594 bits per heavy atom. The number of rotatable bonds is 7. The summed E-state index contributed by atoms with van der Waals surface area (Å²) in [6.45, 7) is 0. The average Bonchev–Trinajstić information content (AvgIpc) is 4.07. The monoisotopic (exact) mass is 882 g/mol. The lowest BCUT2D eigenvalue weighted by Gasteiger charge is -2.23. The van der Waals surface area contributed by atoms with Crippen LogP contribution in [0.5, 0.6) is 0 Å². The molecule has 322 valence electrons. The van der Waals surface area contributed by atoms with Gasteiger partial charge in [-0.05, 0) is 71.8 Å². The van der Waals surface area contributed by atoms with Crippen molar-refractivity contribution >= 4 is 65.7 Å². The third-order valence-electron chi connectivity index (χ3n) is 13.4. The van der Waals surface area contributed by atoms with E-state index in [1.54, 1.807) is 0 Å². The highest BCUT2D eigenvalue weighted by Crippen LogP contribution is 2.44. The van der Waals surface area contributed by atoms with E-state index in [-0.39, 0.29) is 0 Å². The molecule has 14 aromatic rings. The Bertz CT molecular complexity index is 3950. The van der Waals surface area contributed by atoms with E-state index in [1.165, 1.54) is 21.5 Å². The number of nitrogens with zero attached hydrogens (tertiary/aromatic N) is 8. The lowest BCUT2D eigenvalue weighted by molar-refractivity contribution is 1.05. The minimum absolute atomic E-state index is 0.607. The van der Waals surface area contributed by atoms with Crippen LogP contribution < -0.4 is 0 Å². The van der Waals surface area contributed by atoms with Gasteiger partial charge in [0, 0.05) is 50.6 Å². The van der Waals surface area contributed by atoms with Crippen molar-refractivity contribution < 1.29 is 0 Å². The van der Waals surface area contributed by atoms with Gasteiger partial charge in [-0.3, -0.25) is 9.97 Å². The molecule has 0 aliphatic carbocycles. The van der Waals surface area contributed by atoms with E-state index < -0.39 is 0 Å². The second-order valence-corrected chi connectivity index (χ2v) is 17.3. The first-order chi connectivity index (χ1) is 34.2. The first kappa shape index (κ1) is 38.7. The number of pyridine rings is 2. The van der Waals surface area contributed by atoms with Crippen LogP contribution >= 0.6 is 0 Å². The van der Waals surface area contributed by atoms with E-state index in [0.717, 1.165) is 89.0 Å². The summed E-state index contributed by atoms with van der Waals surface area (Å²) in [5.74, 6) is 1.86. The predicted octanol–water partition coefficient (Wildman–Crippen LogP) is 14.6. The van der Waals surface area contributed by atoms with Crippen LogP contribution in [0.4, 0.5) is 0 Å². The van der Waals surface area contributed by atoms with E-state index in [2.05, 4.69) is 159 Å². The standard InChI is InChI=1S/C61H38N8/c1-3-17-40(18-4-1)59-64-60(41-19-5-2-6-20-41)66-61(65-59)42-33-31-39(32-34-42)43-37-54(67-48-25-11-7-21-44(48)45-22-8-12-26-49(45)67)58(69-52-29-15-35-62-56(52)57-53(69)30-16-36-63-57)55(38-43)68-50-27-13-9-23-46(50)47-24-10-14-28-51(47)68/h1-38H. The molecule has 14 rings (SSSR count). The maximum atomic E-state index is 5.06. The highest BCUT2D eigenvalue weighted by Gasteiger charge is 2.27. The first-order valence-corrected chi connectivity index (χ1v) is 23.1. The van der Waals surface area contributed by atoms with Gasteiger partial charge < -0.3 is 13.7 Å². The number of hydrogen-bond donors (Lipinski definition) is 0. The zero-order valence-electron chi connectivity index (χ0n) is 37.0. The van der Waals surface area contributed by atoms with E-state index in [1.807, 2.05) is 85.2 Å². The molecule has 0 amide bonds. The Labute approximate surface area is 395 Å². The molecule has 8 heteroatoms. The van der Waals surface area contributed by atoms with Gasteiger partial charge in [0.2, 0.25) is 0 Å². The van der Waals surface area contributed by atoms with Crippen molar-refractivity contribution in [3.8, 4) is 62.4 Å². The lowest BCUT2D eigenvalue weighted by Crippen LogP contribution is -2.10. The fourth-order valence-electron chi connectivity index (χ4n) is 10.3. The molecule has 0 bridgehead atoms. The van der Waals surface area contributed by atoms with Gasteiger partial charge in [0.25, 0.3) is 0 Å². The maximum Gasteiger partial charge on any atom is 0.164 e. The van der Waals surface area contributed by atoms with Crippen LogP contribution in [0.15, 0.2) is 231 Å². The molecule has 0 radical (unpaired) electrons. The van der Waals surface area contributed by atoms with Crippen molar-refractivity contribution in [3.63, 3.8) is 0 Å². The van der Waals surface area contributed by atoms with E-state index >= 15 is 0 Å². The second kappa shape index (κ2) is 15.5. The third-order valence-corrected chi connectivity index (χ3v) is 13.4. The summed E-state index contributed by atoms with van der Waals surface area (Å²) in [5, 5.41) is 4.72. The molecule has 69 heavy (non-hydrogen) atoms. The molecule has 8 nitrogen and oxygen atoms in total. The molecular formula is C61H38N8. The summed E-state index contributed by atoms with van der Waals surface area (Å²) in [7, 11) is 0. The summed E-state index contributed by atoms with van der Waals surface area (Å²) in [4.78, 5) is 25.0. The zero-order valence-corrected chi connectivity index (χ0v) is 37.0. The average molecular weight is 883 g/mol. The van der Waals surface area contributed by atoms with Crippen LogP contribution in [0.1, 0.15) is 0 Å². The molecule has 0 saturated heterocycles. The highest BCUT2D eigenvalue weighted by molar-refractivity contribution is 6.13. The molecule has 8 aromatic carbocycles. The van der Waals surface area contributed by atoms with Gasteiger partial charge in [0.05, 0.1) is 50.2 Å². The summed E-state index contributed by atoms with van der Waals surface area (Å²) < 4.78 is 7.27. The normalized spacial score (nSPS) is 11.8. The smallest absolute Gasteiger partial charge is 0.164 e. The largest absolute Gasteiger partial charge is 0.307 e. The number of benzene rings is 8. The van der Waals surface area contributed by atoms with Gasteiger partial charge >= 0.3 is 0 Å². The first-order valence-electron chi connectivity index (χ1n) is 23.1. The fraction of sp³-hybridized carbons (Fsp3) is 0. The Balaban J connectivity index is 1.09. The summed E-state index contributed by atoms with van der Waals surface area (Å²) in [6, 6.07) is 76.8. The Morgan fingerprint density at radius 1 is 0.261 bits per heavy atom. The number of hydrogen-bond acceptors (Lipinski definition) is 5. The molecular weight excluding hydrogens is 845 g/mol. The van der Waals surface area contributed by atoms with Crippen molar-refractivity contribution in [3.05, 3.63) is 231 Å². The van der Waals surface area contributed by atoms with Gasteiger partial charge in [-0.15, -0.1) is 0 Å². The van der Waals surface area contributed by atoms with Crippen molar-refractivity contribution in [1.29, 1.82) is 0 Å². The van der Waals surface area contributed by atoms with Crippen molar-refractivity contribution in [2.45, 2.75) is 0 Å². The molecule has 0 atom stereocenters. The highest BCUT2D eigenvalue weighted by atomic mass is 15.1. The van der Waals surface area contributed by atoms with Crippen LogP contribution in [0.3, 0.4) is 0 Å². The maximum absolute atomic E-state index is 5.06. The molecule has 0 aliphatic heterocycles. The zero-order chi connectivity index (χ0) is 45.4. The van der Waals surface area contributed by atoms with E-state index in [4.69, 9.17) is 24.9 Å². The molecule has 0 saturated carbocycles. The molecule has 0 N–H and O–H groups in total. The van der Waals surface area contributed by atoms with Gasteiger partial charge in [-0.1, -0.05) is 158 Å². The van der Waals surface area contributed by atoms with Gasteiger partial charge in [-0.25, -0.2) is 15.0 Å². The van der Waals surface area contributed by atoms with Crippen LogP contribution in [0, 0.1) is 0 Å². The summed E-state index contributed by atoms with van der Waals surface area (Å²) in [6.07, 6.45) is 3.72. The van der Waals surface area contributed by atoms with Crippen molar-refractivity contribution in [1.82, 2.24) is 38.6 Å². The minimum atomic E-state index is 0.607. The van der Waals surface area contributed by atoms with Crippen LogP contribution in [-0.2, 0) is 0 Å².